The maximum Gasteiger partial charge on any atom is 0.255 e. The van der Waals surface area contributed by atoms with Gasteiger partial charge in [-0.3, -0.25) is 9.78 Å². The van der Waals surface area contributed by atoms with Gasteiger partial charge in [-0.05, 0) is 45.4 Å². The van der Waals surface area contributed by atoms with Gasteiger partial charge in [0.25, 0.3) is 5.56 Å². The molecule has 2 atom stereocenters. The van der Waals surface area contributed by atoms with Crippen molar-refractivity contribution in [2.45, 2.75) is 39.8 Å². The summed E-state index contributed by atoms with van der Waals surface area (Å²) in [5.41, 5.74) is 2.53. The zero-order valence-electron chi connectivity index (χ0n) is 12.3. The minimum absolute atomic E-state index is 0.0723. The Kier molecular flexibility index (Phi) is 4.29. The van der Waals surface area contributed by atoms with E-state index in [-0.39, 0.29) is 17.6 Å². The molecule has 20 heavy (non-hydrogen) atoms. The van der Waals surface area contributed by atoms with E-state index in [1.54, 1.807) is 19.3 Å². The van der Waals surface area contributed by atoms with Crippen molar-refractivity contribution in [2.75, 3.05) is 0 Å². The van der Waals surface area contributed by atoms with Crippen LogP contribution in [0.4, 0.5) is 0 Å². The van der Waals surface area contributed by atoms with Crippen molar-refractivity contribution < 1.29 is 0 Å². The number of nitrogens with zero attached hydrogens (tertiary/aromatic N) is 2. The summed E-state index contributed by atoms with van der Waals surface area (Å²) in [6.07, 6.45) is 3.54. The van der Waals surface area contributed by atoms with E-state index in [1.807, 2.05) is 26.0 Å². The maximum absolute atomic E-state index is 12.1. The van der Waals surface area contributed by atoms with Crippen LogP contribution in [0, 0.1) is 13.8 Å². The zero-order valence-corrected chi connectivity index (χ0v) is 12.3. The van der Waals surface area contributed by atoms with Gasteiger partial charge in [-0.15, -0.1) is 0 Å². The number of aromatic amines is 1. The Labute approximate surface area is 118 Å². The standard InChI is InChI=1S/C15H20N4O/c1-9(13-5-7-16-8-6-13)17-10(2)14-11(3)18-12(4)19-15(14)20/h5-10,17H,1-4H3,(H,18,19,20). The molecule has 2 heterocycles. The average Bonchev–Trinajstić information content (AvgIpc) is 2.38. The van der Waals surface area contributed by atoms with E-state index >= 15 is 0 Å². The Bertz CT molecular complexity index is 636. The normalized spacial score (nSPS) is 14.0. The Morgan fingerprint density at radius 2 is 1.80 bits per heavy atom. The van der Waals surface area contributed by atoms with Crippen LogP contribution in [0.2, 0.25) is 0 Å². The van der Waals surface area contributed by atoms with Gasteiger partial charge in [0.05, 0.1) is 5.56 Å². The van der Waals surface area contributed by atoms with Crippen molar-refractivity contribution in [3.63, 3.8) is 0 Å². The third-order valence-corrected chi connectivity index (χ3v) is 3.40. The Hall–Kier alpha value is -2.01. The summed E-state index contributed by atoms with van der Waals surface area (Å²) in [6, 6.07) is 3.99. The Morgan fingerprint density at radius 3 is 2.40 bits per heavy atom. The van der Waals surface area contributed by atoms with Gasteiger partial charge < -0.3 is 10.3 Å². The Balaban J connectivity index is 2.21. The van der Waals surface area contributed by atoms with Crippen LogP contribution in [-0.2, 0) is 0 Å². The molecule has 2 aromatic heterocycles. The van der Waals surface area contributed by atoms with Gasteiger partial charge in [0.1, 0.15) is 5.82 Å². The number of H-pyrrole nitrogens is 1. The van der Waals surface area contributed by atoms with E-state index in [2.05, 4.69) is 27.2 Å². The van der Waals surface area contributed by atoms with Crippen molar-refractivity contribution in [1.82, 2.24) is 20.3 Å². The molecule has 2 rings (SSSR count). The van der Waals surface area contributed by atoms with E-state index < -0.39 is 0 Å². The van der Waals surface area contributed by atoms with Crippen molar-refractivity contribution in [2.24, 2.45) is 0 Å². The SMILES string of the molecule is Cc1nc(C)c(C(C)NC(C)c2ccncc2)c(=O)[nH]1. The van der Waals surface area contributed by atoms with Gasteiger partial charge in [-0.25, -0.2) is 4.98 Å². The molecule has 0 aliphatic heterocycles. The molecule has 0 aliphatic carbocycles. The van der Waals surface area contributed by atoms with Gasteiger partial charge in [0.15, 0.2) is 0 Å². The van der Waals surface area contributed by atoms with Crippen LogP contribution in [0.25, 0.3) is 0 Å². The highest BCUT2D eigenvalue weighted by Gasteiger charge is 2.17. The van der Waals surface area contributed by atoms with Crippen LogP contribution in [0.1, 0.15) is 48.6 Å². The van der Waals surface area contributed by atoms with Crippen LogP contribution in [0.3, 0.4) is 0 Å². The molecule has 2 N–H and O–H groups in total. The molecule has 0 fully saturated rings. The molecule has 0 saturated carbocycles. The molecule has 0 aliphatic rings. The van der Waals surface area contributed by atoms with Crippen LogP contribution in [0.15, 0.2) is 29.3 Å². The fraction of sp³-hybridized carbons (Fsp3) is 0.400. The number of aromatic nitrogens is 3. The number of hydrogen-bond donors (Lipinski definition) is 2. The second kappa shape index (κ2) is 5.96. The Morgan fingerprint density at radius 1 is 1.15 bits per heavy atom. The fourth-order valence-corrected chi connectivity index (χ4v) is 2.45. The molecule has 2 aromatic rings. The third-order valence-electron chi connectivity index (χ3n) is 3.40. The number of nitrogens with one attached hydrogen (secondary N) is 2. The first-order valence-corrected chi connectivity index (χ1v) is 6.72. The second-order valence-electron chi connectivity index (χ2n) is 5.04. The molecule has 0 amide bonds. The van der Waals surface area contributed by atoms with Gasteiger partial charge in [0, 0.05) is 30.2 Å². The first-order valence-electron chi connectivity index (χ1n) is 6.72. The highest BCUT2D eigenvalue weighted by molar-refractivity contribution is 5.21. The minimum atomic E-state index is -0.0741. The highest BCUT2D eigenvalue weighted by atomic mass is 16.1. The lowest BCUT2D eigenvalue weighted by molar-refractivity contribution is 0.487. The number of hydrogen-bond acceptors (Lipinski definition) is 4. The van der Waals surface area contributed by atoms with E-state index in [4.69, 9.17) is 0 Å². The summed E-state index contributed by atoms with van der Waals surface area (Å²) in [5.74, 6) is 0.644. The van der Waals surface area contributed by atoms with Crippen molar-refractivity contribution in [3.05, 3.63) is 57.5 Å². The van der Waals surface area contributed by atoms with Crippen LogP contribution >= 0.6 is 0 Å². The van der Waals surface area contributed by atoms with Crippen LogP contribution in [-0.4, -0.2) is 15.0 Å². The molecule has 106 valence electrons. The molecule has 0 spiro atoms. The summed E-state index contributed by atoms with van der Waals surface area (Å²) in [5, 5.41) is 3.43. The third kappa shape index (κ3) is 3.11. The lowest BCUT2D eigenvalue weighted by Crippen LogP contribution is -2.29. The summed E-state index contributed by atoms with van der Waals surface area (Å²) < 4.78 is 0. The predicted molar refractivity (Wildman–Crippen MR) is 78.5 cm³/mol. The predicted octanol–water partition coefficient (Wildman–Crippen LogP) is 2.19. The number of rotatable bonds is 4. The number of aryl methyl sites for hydroxylation is 2. The van der Waals surface area contributed by atoms with Crippen molar-refractivity contribution >= 4 is 0 Å². The van der Waals surface area contributed by atoms with Gasteiger partial charge in [0.2, 0.25) is 0 Å². The molecule has 0 aromatic carbocycles. The first kappa shape index (κ1) is 14.4. The van der Waals surface area contributed by atoms with Gasteiger partial charge in [-0.1, -0.05) is 0 Å². The summed E-state index contributed by atoms with van der Waals surface area (Å²) in [7, 11) is 0. The van der Waals surface area contributed by atoms with E-state index in [9.17, 15) is 4.79 Å². The van der Waals surface area contributed by atoms with Crippen molar-refractivity contribution in [1.29, 1.82) is 0 Å². The second-order valence-corrected chi connectivity index (χ2v) is 5.04. The van der Waals surface area contributed by atoms with Crippen molar-refractivity contribution in [3.8, 4) is 0 Å². The molecule has 2 unspecified atom stereocenters. The molecular formula is C15H20N4O. The largest absolute Gasteiger partial charge is 0.310 e. The maximum atomic E-state index is 12.1. The molecule has 0 radical (unpaired) electrons. The lowest BCUT2D eigenvalue weighted by Gasteiger charge is -2.21. The van der Waals surface area contributed by atoms with E-state index in [0.29, 0.717) is 11.4 Å². The van der Waals surface area contributed by atoms with Gasteiger partial charge in [-0.2, -0.15) is 0 Å². The van der Waals surface area contributed by atoms with Crippen LogP contribution in [0.5, 0.6) is 0 Å². The van der Waals surface area contributed by atoms with Gasteiger partial charge >= 0.3 is 0 Å². The van der Waals surface area contributed by atoms with Crippen LogP contribution < -0.4 is 10.9 Å². The molecule has 5 heteroatoms. The fourth-order valence-electron chi connectivity index (χ4n) is 2.45. The smallest absolute Gasteiger partial charge is 0.255 e. The quantitative estimate of drug-likeness (QED) is 0.895. The molecule has 0 bridgehead atoms. The lowest BCUT2D eigenvalue weighted by atomic mass is 10.1. The first-order chi connectivity index (χ1) is 9.49. The van der Waals surface area contributed by atoms with E-state index in [0.717, 1.165) is 11.3 Å². The molecule has 0 saturated heterocycles. The zero-order chi connectivity index (χ0) is 14.7. The minimum Gasteiger partial charge on any atom is -0.310 e. The molecular weight excluding hydrogens is 252 g/mol. The molecule has 5 nitrogen and oxygen atoms in total. The summed E-state index contributed by atoms with van der Waals surface area (Å²) in [6.45, 7) is 7.70. The van der Waals surface area contributed by atoms with E-state index in [1.165, 1.54) is 0 Å². The monoisotopic (exact) mass is 272 g/mol. The summed E-state index contributed by atoms with van der Waals surface area (Å²) in [4.78, 5) is 23.2. The average molecular weight is 272 g/mol. The topological polar surface area (TPSA) is 70.7 Å². The summed E-state index contributed by atoms with van der Waals surface area (Å²) >= 11 is 0. The highest BCUT2D eigenvalue weighted by Crippen LogP contribution is 2.18. The number of pyridine rings is 1.